The highest BCUT2D eigenvalue weighted by molar-refractivity contribution is 5.78. The van der Waals surface area contributed by atoms with E-state index in [0.29, 0.717) is 25.0 Å². The predicted molar refractivity (Wildman–Crippen MR) is 91.7 cm³/mol. The molecule has 0 N–H and O–H groups in total. The lowest BCUT2D eigenvalue weighted by molar-refractivity contribution is -0.134. The second-order valence-electron chi connectivity index (χ2n) is 6.96. The molecule has 0 spiro atoms. The van der Waals surface area contributed by atoms with Crippen molar-refractivity contribution < 1.29 is 9.53 Å². The van der Waals surface area contributed by atoms with Gasteiger partial charge in [0.25, 0.3) is 0 Å². The van der Waals surface area contributed by atoms with Crippen molar-refractivity contribution in [2.24, 2.45) is 5.92 Å². The Kier molecular flexibility index (Phi) is 5.55. The highest BCUT2D eigenvalue weighted by atomic mass is 16.5. The smallest absolute Gasteiger partial charge is 0.236 e. The number of carbonyl (C=O) groups is 1. The third-order valence-electron chi connectivity index (χ3n) is 4.94. The lowest BCUT2D eigenvalue weighted by Gasteiger charge is -2.33. The minimum Gasteiger partial charge on any atom is -0.493 e. The largest absolute Gasteiger partial charge is 0.493 e. The molecule has 2 aliphatic heterocycles. The molecule has 0 unspecified atom stereocenters. The van der Waals surface area contributed by atoms with E-state index in [2.05, 4.69) is 24.0 Å². The summed E-state index contributed by atoms with van der Waals surface area (Å²) >= 11 is 0. The van der Waals surface area contributed by atoms with E-state index in [1.165, 1.54) is 18.4 Å². The van der Waals surface area contributed by atoms with Gasteiger partial charge in [-0.2, -0.15) is 0 Å². The molecule has 0 radical (unpaired) electrons. The number of aryl methyl sites for hydroxylation is 1. The number of piperidine rings is 1. The molecule has 0 aromatic heterocycles. The van der Waals surface area contributed by atoms with Crippen molar-refractivity contribution in [1.29, 1.82) is 0 Å². The van der Waals surface area contributed by atoms with Crippen LogP contribution in [0, 0.1) is 12.8 Å². The van der Waals surface area contributed by atoms with E-state index in [4.69, 9.17) is 4.74 Å². The third-order valence-corrected chi connectivity index (χ3v) is 4.94. The number of nitrogens with zero attached hydrogens (tertiary/aromatic N) is 2. The fourth-order valence-electron chi connectivity index (χ4n) is 3.51. The Labute approximate surface area is 139 Å². The number of hydrogen-bond acceptors (Lipinski definition) is 3. The average Bonchev–Trinajstić information content (AvgIpc) is 3.07. The standard InChI is InChI=1S/C19H28N2O2/c1-16-6-8-18(9-7-16)23-15-17-5-4-12-21(13-17)19(22)14-20-10-2-3-11-20/h6-9,17H,2-5,10-15H2,1H3/t17-/m1/s1. The summed E-state index contributed by atoms with van der Waals surface area (Å²) in [6, 6.07) is 8.19. The van der Waals surface area contributed by atoms with Crippen LogP contribution in [-0.2, 0) is 4.79 Å². The Hall–Kier alpha value is -1.55. The quantitative estimate of drug-likeness (QED) is 0.837. The highest BCUT2D eigenvalue weighted by Crippen LogP contribution is 2.20. The van der Waals surface area contributed by atoms with Crippen molar-refractivity contribution in [2.75, 3.05) is 39.3 Å². The van der Waals surface area contributed by atoms with E-state index in [1.807, 2.05) is 17.0 Å². The molecule has 2 saturated heterocycles. The number of ether oxygens (including phenoxy) is 1. The van der Waals surface area contributed by atoms with Crippen LogP contribution in [0.3, 0.4) is 0 Å². The number of hydrogen-bond donors (Lipinski definition) is 0. The topological polar surface area (TPSA) is 32.8 Å². The maximum atomic E-state index is 12.5. The van der Waals surface area contributed by atoms with Crippen LogP contribution in [-0.4, -0.2) is 55.0 Å². The zero-order valence-electron chi connectivity index (χ0n) is 14.2. The molecule has 2 aliphatic rings. The molecule has 1 aromatic rings. The molecule has 0 aliphatic carbocycles. The van der Waals surface area contributed by atoms with Crippen LogP contribution < -0.4 is 4.74 Å². The molecule has 1 atom stereocenters. The van der Waals surface area contributed by atoms with Crippen LogP contribution in [0.2, 0.25) is 0 Å². The van der Waals surface area contributed by atoms with Gasteiger partial charge in [0.05, 0.1) is 13.2 Å². The van der Waals surface area contributed by atoms with Gasteiger partial charge in [0.1, 0.15) is 5.75 Å². The molecule has 0 bridgehead atoms. The molecule has 3 rings (SSSR count). The first kappa shape index (κ1) is 16.3. The minimum absolute atomic E-state index is 0.298. The maximum Gasteiger partial charge on any atom is 0.236 e. The van der Waals surface area contributed by atoms with Gasteiger partial charge >= 0.3 is 0 Å². The molecule has 23 heavy (non-hydrogen) atoms. The van der Waals surface area contributed by atoms with Crippen LogP contribution in [0.4, 0.5) is 0 Å². The highest BCUT2D eigenvalue weighted by Gasteiger charge is 2.26. The molecule has 4 nitrogen and oxygen atoms in total. The number of likely N-dealkylation sites (tertiary alicyclic amines) is 2. The molecule has 1 amide bonds. The predicted octanol–water partition coefficient (Wildman–Crippen LogP) is 2.71. The van der Waals surface area contributed by atoms with Gasteiger partial charge in [-0.05, 0) is 57.8 Å². The van der Waals surface area contributed by atoms with Crippen molar-refractivity contribution in [2.45, 2.75) is 32.6 Å². The fraction of sp³-hybridized carbons (Fsp3) is 0.632. The van der Waals surface area contributed by atoms with E-state index >= 15 is 0 Å². The van der Waals surface area contributed by atoms with Crippen molar-refractivity contribution in [3.8, 4) is 5.75 Å². The molecule has 2 fully saturated rings. The van der Waals surface area contributed by atoms with Gasteiger partial charge in [0.15, 0.2) is 0 Å². The molecular formula is C19H28N2O2. The zero-order valence-corrected chi connectivity index (χ0v) is 14.2. The molecule has 126 valence electrons. The monoisotopic (exact) mass is 316 g/mol. The van der Waals surface area contributed by atoms with Crippen molar-refractivity contribution in [3.05, 3.63) is 29.8 Å². The van der Waals surface area contributed by atoms with Crippen molar-refractivity contribution >= 4 is 5.91 Å². The Morgan fingerprint density at radius 3 is 2.61 bits per heavy atom. The second-order valence-corrected chi connectivity index (χ2v) is 6.96. The van der Waals surface area contributed by atoms with Crippen molar-refractivity contribution in [1.82, 2.24) is 9.80 Å². The van der Waals surface area contributed by atoms with Crippen LogP contribution in [0.25, 0.3) is 0 Å². The van der Waals surface area contributed by atoms with E-state index in [-0.39, 0.29) is 0 Å². The van der Waals surface area contributed by atoms with Gasteiger partial charge in [-0.15, -0.1) is 0 Å². The normalized spacial score (nSPS) is 22.3. The lowest BCUT2D eigenvalue weighted by atomic mass is 9.99. The minimum atomic E-state index is 0.298. The number of rotatable bonds is 5. The van der Waals surface area contributed by atoms with E-state index < -0.39 is 0 Å². The fourth-order valence-corrected chi connectivity index (χ4v) is 3.51. The summed E-state index contributed by atoms with van der Waals surface area (Å²) < 4.78 is 5.91. The Morgan fingerprint density at radius 1 is 1.13 bits per heavy atom. The second kappa shape index (κ2) is 7.82. The molecular weight excluding hydrogens is 288 g/mol. The Balaban J connectivity index is 1.45. The number of benzene rings is 1. The van der Waals surface area contributed by atoms with Gasteiger partial charge < -0.3 is 9.64 Å². The van der Waals surface area contributed by atoms with Crippen LogP contribution in [0.5, 0.6) is 5.75 Å². The summed E-state index contributed by atoms with van der Waals surface area (Å²) in [7, 11) is 0. The van der Waals surface area contributed by atoms with Crippen LogP contribution in [0.15, 0.2) is 24.3 Å². The summed E-state index contributed by atoms with van der Waals surface area (Å²) in [6.45, 7) is 7.31. The number of carbonyl (C=O) groups excluding carboxylic acids is 1. The Morgan fingerprint density at radius 2 is 1.87 bits per heavy atom. The summed E-state index contributed by atoms with van der Waals surface area (Å²) in [4.78, 5) is 16.8. The van der Waals surface area contributed by atoms with Gasteiger partial charge in [0, 0.05) is 19.0 Å². The van der Waals surface area contributed by atoms with Gasteiger partial charge in [0.2, 0.25) is 5.91 Å². The van der Waals surface area contributed by atoms with Crippen molar-refractivity contribution in [3.63, 3.8) is 0 Å². The van der Waals surface area contributed by atoms with Crippen LogP contribution >= 0.6 is 0 Å². The molecule has 0 saturated carbocycles. The molecule has 2 heterocycles. The lowest BCUT2D eigenvalue weighted by Crippen LogP contribution is -2.45. The first-order valence-electron chi connectivity index (χ1n) is 8.90. The molecule has 1 aromatic carbocycles. The van der Waals surface area contributed by atoms with E-state index in [0.717, 1.165) is 44.8 Å². The zero-order chi connectivity index (χ0) is 16.1. The maximum absolute atomic E-state index is 12.5. The third kappa shape index (κ3) is 4.71. The first-order valence-corrected chi connectivity index (χ1v) is 8.90. The summed E-state index contributed by atoms with van der Waals surface area (Å²) in [6.07, 6.45) is 4.72. The van der Waals surface area contributed by atoms with Gasteiger partial charge in [-0.3, -0.25) is 9.69 Å². The summed E-state index contributed by atoms with van der Waals surface area (Å²) in [5, 5.41) is 0. The average molecular weight is 316 g/mol. The summed E-state index contributed by atoms with van der Waals surface area (Å²) in [5.74, 6) is 1.68. The van der Waals surface area contributed by atoms with Gasteiger partial charge in [-0.1, -0.05) is 17.7 Å². The molecule has 4 heteroatoms. The SMILES string of the molecule is Cc1ccc(OC[C@@H]2CCCN(C(=O)CN3CCCC3)C2)cc1. The van der Waals surface area contributed by atoms with Gasteiger partial charge in [-0.25, -0.2) is 0 Å². The van der Waals surface area contributed by atoms with E-state index in [9.17, 15) is 4.79 Å². The first-order chi connectivity index (χ1) is 11.2. The van der Waals surface area contributed by atoms with E-state index in [1.54, 1.807) is 0 Å². The Bertz CT molecular complexity index is 509. The number of amides is 1. The van der Waals surface area contributed by atoms with Crippen LogP contribution in [0.1, 0.15) is 31.2 Å². The summed E-state index contributed by atoms with van der Waals surface area (Å²) in [5.41, 5.74) is 1.24.